The van der Waals surface area contributed by atoms with Gasteiger partial charge in [0.25, 0.3) is 0 Å². The number of nitrogens with zero attached hydrogens (tertiary/aromatic N) is 3. The lowest BCUT2D eigenvalue weighted by Crippen LogP contribution is -2.49. The van der Waals surface area contributed by atoms with E-state index in [-0.39, 0.29) is 12.5 Å². The van der Waals surface area contributed by atoms with Crippen molar-refractivity contribution in [3.05, 3.63) is 70.1 Å². The van der Waals surface area contributed by atoms with Gasteiger partial charge in [0, 0.05) is 10.8 Å². The molecule has 31 heavy (non-hydrogen) atoms. The molecule has 0 saturated heterocycles. The SMILES string of the molecule is C[C@@H](N=[N+]=[N-])[C@@H](NC(=O)OCC1c2ccccc2-c2ccccc21)C(=O)OC(C)(C)C. The minimum Gasteiger partial charge on any atom is -0.458 e. The van der Waals surface area contributed by atoms with Gasteiger partial charge >= 0.3 is 12.1 Å². The Bertz CT molecular complexity index is 979. The molecule has 0 aromatic heterocycles. The lowest BCUT2D eigenvalue weighted by molar-refractivity contribution is -0.157. The van der Waals surface area contributed by atoms with E-state index in [0.29, 0.717) is 0 Å². The molecule has 0 bridgehead atoms. The maximum atomic E-state index is 12.5. The summed E-state index contributed by atoms with van der Waals surface area (Å²) in [5.74, 6) is -0.798. The Morgan fingerprint density at radius 2 is 1.65 bits per heavy atom. The maximum Gasteiger partial charge on any atom is 0.407 e. The average molecular weight is 422 g/mol. The monoisotopic (exact) mass is 422 g/mol. The summed E-state index contributed by atoms with van der Waals surface area (Å²) in [6, 6.07) is 14.0. The van der Waals surface area contributed by atoms with Gasteiger partial charge in [0.15, 0.2) is 0 Å². The molecule has 2 aromatic carbocycles. The quantitative estimate of drug-likeness (QED) is 0.307. The molecule has 0 radical (unpaired) electrons. The zero-order valence-corrected chi connectivity index (χ0v) is 18.0. The largest absolute Gasteiger partial charge is 0.458 e. The van der Waals surface area contributed by atoms with E-state index in [4.69, 9.17) is 15.0 Å². The van der Waals surface area contributed by atoms with E-state index in [2.05, 4.69) is 15.3 Å². The summed E-state index contributed by atoms with van der Waals surface area (Å²) in [6.45, 7) is 6.78. The van der Waals surface area contributed by atoms with Crippen LogP contribution in [-0.4, -0.2) is 36.4 Å². The zero-order chi connectivity index (χ0) is 22.6. The van der Waals surface area contributed by atoms with Crippen LogP contribution >= 0.6 is 0 Å². The molecule has 2 atom stereocenters. The lowest BCUT2D eigenvalue weighted by atomic mass is 9.98. The van der Waals surface area contributed by atoms with Gasteiger partial charge in [-0.25, -0.2) is 9.59 Å². The highest BCUT2D eigenvalue weighted by Crippen LogP contribution is 2.44. The molecule has 2 aromatic rings. The van der Waals surface area contributed by atoms with Crippen LogP contribution < -0.4 is 5.32 Å². The molecule has 1 N–H and O–H groups in total. The summed E-state index contributed by atoms with van der Waals surface area (Å²) in [5, 5.41) is 6.03. The minimum atomic E-state index is -1.16. The van der Waals surface area contributed by atoms with Gasteiger partial charge in [0.2, 0.25) is 0 Å². The normalized spacial score (nSPS) is 14.5. The van der Waals surface area contributed by atoms with Crippen molar-refractivity contribution in [1.82, 2.24) is 5.32 Å². The first-order valence-corrected chi connectivity index (χ1v) is 10.1. The molecule has 0 aliphatic heterocycles. The van der Waals surface area contributed by atoms with E-state index < -0.39 is 29.7 Å². The fourth-order valence-corrected chi connectivity index (χ4v) is 3.66. The second-order valence-electron chi connectivity index (χ2n) is 8.43. The molecular formula is C23H26N4O4. The van der Waals surface area contributed by atoms with Crippen molar-refractivity contribution in [2.45, 2.75) is 51.3 Å². The highest BCUT2D eigenvalue weighted by atomic mass is 16.6. The second kappa shape index (κ2) is 9.10. The summed E-state index contributed by atoms with van der Waals surface area (Å²) < 4.78 is 10.8. The van der Waals surface area contributed by atoms with E-state index in [1.807, 2.05) is 48.5 Å². The molecular weight excluding hydrogens is 396 g/mol. The molecule has 3 rings (SSSR count). The number of esters is 1. The molecule has 1 aliphatic rings. The van der Waals surface area contributed by atoms with Crippen LogP contribution in [0.3, 0.4) is 0 Å². The van der Waals surface area contributed by atoms with Crippen LogP contribution in [-0.2, 0) is 14.3 Å². The third-order valence-corrected chi connectivity index (χ3v) is 4.99. The van der Waals surface area contributed by atoms with Crippen molar-refractivity contribution in [1.29, 1.82) is 0 Å². The Labute approximate surface area is 181 Å². The van der Waals surface area contributed by atoms with Crippen LogP contribution in [0.5, 0.6) is 0 Å². The molecule has 162 valence electrons. The molecule has 0 spiro atoms. The molecule has 8 nitrogen and oxygen atoms in total. The second-order valence-corrected chi connectivity index (χ2v) is 8.43. The topological polar surface area (TPSA) is 113 Å². The van der Waals surface area contributed by atoms with E-state index in [0.717, 1.165) is 22.3 Å². The van der Waals surface area contributed by atoms with Crippen molar-refractivity contribution in [3.63, 3.8) is 0 Å². The first-order chi connectivity index (χ1) is 14.7. The average Bonchev–Trinajstić information content (AvgIpc) is 3.03. The predicted octanol–water partition coefficient (Wildman–Crippen LogP) is 4.93. The van der Waals surface area contributed by atoms with Crippen LogP contribution in [0.4, 0.5) is 4.79 Å². The number of hydrogen-bond donors (Lipinski definition) is 1. The van der Waals surface area contributed by atoms with Crippen molar-refractivity contribution < 1.29 is 19.1 Å². The summed E-state index contributed by atoms with van der Waals surface area (Å²) in [4.78, 5) is 27.8. The van der Waals surface area contributed by atoms with E-state index in [1.54, 1.807) is 20.8 Å². The van der Waals surface area contributed by atoms with Crippen molar-refractivity contribution in [2.24, 2.45) is 5.11 Å². The van der Waals surface area contributed by atoms with Crippen molar-refractivity contribution in [2.75, 3.05) is 6.61 Å². The van der Waals surface area contributed by atoms with Crippen LogP contribution in [0.1, 0.15) is 44.7 Å². The van der Waals surface area contributed by atoms with Crippen LogP contribution in [0, 0.1) is 0 Å². The molecule has 0 unspecified atom stereocenters. The third-order valence-electron chi connectivity index (χ3n) is 4.99. The van der Waals surface area contributed by atoms with Gasteiger partial charge in [-0.3, -0.25) is 0 Å². The van der Waals surface area contributed by atoms with Gasteiger partial charge in [0.05, 0.1) is 6.04 Å². The van der Waals surface area contributed by atoms with E-state index >= 15 is 0 Å². The van der Waals surface area contributed by atoms with Crippen molar-refractivity contribution >= 4 is 12.1 Å². The Hall–Kier alpha value is -3.51. The molecule has 0 heterocycles. The third kappa shape index (κ3) is 5.16. The number of nitrogens with one attached hydrogen (secondary N) is 1. The number of azide groups is 1. The number of hydrogen-bond acceptors (Lipinski definition) is 5. The first-order valence-electron chi connectivity index (χ1n) is 10.1. The van der Waals surface area contributed by atoms with Gasteiger partial charge in [0.1, 0.15) is 18.2 Å². The summed E-state index contributed by atoms with van der Waals surface area (Å²) in [6.07, 6.45) is -0.780. The Kier molecular flexibility index (Phi) is 6.51. The van der Waals surface area contributed by atoms with Gasteiger partial charge < -0.3 is 14.8 Å². The first kappa shape index (κ1) is 22.2. The van der Waals surface area contributed by atoms with E-state index in [9.17, 15) is 9.59 Å². The minimum absolute atomic E-state index is 0.104. The fraction of sp³-hybridized carbons (Fsp3) is 0.391. The van der Waals surface area contributed by atoms with E-state index in [1.165, 1.54) is 6.92 Å². The lowest BCUT2D eigenvalue weighted by Gasteiger charge is -2.26. The Morgan fingerprint density at radius 3 is 2.16 bits per heavy atom. The van der Waals surface area contributed by atoms with Gasteiger partial charge in [-0.05, 0) is 48.6 Å². The summed E-state index contributed by atoms with van der Waals surface area (Å²) >= 11 is 0. The number of rotatable bonds is 6. The summed E-state index contributed by atoms with van der Waals surface area (Å²) in [7, 11) is 0. The van der Waals surface area contributed by atoms with Gasteiger partial charge in [-0.1, -0.05) is 60.6 Å². The molecule has 8 heteroatoms. The van der Waals surface area contributed by atoms with Gasteiger partial charge in [-0.2, -0.15) is 0 Å². The van der Waals surface area contributed by atoms with Crippen LogP contribution in [0.25, 0.3) is 21.6 Å². The van der Waals surface area contributed by atoms with Crippen LogP contribution in [0.15, 0.2) is 53.6 Å². The number of benzene rings is 2. The number of carbonyl (C=O) groups is 2. The van der Waals surface area contributed by atoms with Gasteiger partial charge in [-0.15, -0.1) is 0 Å². The van der Waals surface area contributed by atoms with Crippen molar-refractivity contribution in [3.8, 4) is 11.1 Å². The highest BCUT2D eigenvalue weighted by molar-refractivity contribution is 5.83. The number of carbonyl (C=O) groups excluding carboxylic acids is 2. The number of ether oxygens (including phenoxy) is 2. The molecule has 0 saturated carbocycles. The number of alkyl carbamates (subject to hydrolysis) is 1. The maximum absolute atomic E-state index is 12.5. The van der Waals surface area contributed by atoms with Crippen LogP contribution in [0.2, 0.25) is 0 Å². The Balaban J connectivity index is 1.72. The summed E-state index contributed by atoms with van der Waals surface area (Å²) in [5.41, 5.74) is 12.4. The predicted molar refractivity (Wildman–Crippen MR) is 116 cm³/mol. The molecule has 1 amide bonds. The highest BCUT2D eigenvalue weighted by Gasteiger charge is 2.33. The number of amides is 1. The standard InChI is InChI=1S/C23H26N4O4/c1-14(26-27-24)20(21(28)31-23(2,3)4)25-22(29)30-13-19-17-11-7-5-9-15(17)16-10-6-8-12-18(16)19/h5-12,14,19-20H,13H2,1-4H3,(H,25,29)/t14-,20-/m1/s1. The zero-order valence-electron chi connectivity index (χ0n) is 18.0. The smallest absolute Gasteiger partial charge is 0.407 e. The fourth-order valence-electron chi connectivity index (χ4n) is 3.66. The molecule has 0 fully saturated rings. The number of fused-ring (bicyclic) bond motifs is 3. The Morgan fingerprint density at radius 1 is 1.10 bits per heavy atom. The molecule has 1 aliphatic carbocycles.